The molecule has 0 unspecified atom stereocenters. The van der Waals surface area contributed by atoms with Crippen LogP contribution in [0.5, 0.6) is 11.5 Å². The highest BCUT2D eigenvalue weighted by molar-refractivity contribution is 6.01. The molecule has 0 spiro atoms. The smallest absolute Gasteiger partial charge is 0.161 e. The largest absolute Gasteiger partial charge is 0.490 e. The normalized spacial score (nSPS) is 11.2. The van der Waals surface area contributed by atoms with Crippen LogP contribution in [0, 0.1) is 11.3 Å². The van der Waals surface area contributed by atoms with Gasteiger partial charge in [-0.15, -0.1) is 0 Å². The van der Waals surface area contributed by atoms with E-state index in [1.807, 2.05) is 91.9 Å². The first-order chi connectivity index (χ1) is 15.3. The van der Waals surface area contributed by atoms with E-state index in [1.165, 1.54) is 0 Å². The standard InChI is InChI=1S/C28H23NO2/c1-2-30-28-18-22(15-16-27(28)31-20-21-9-4-3-5-10-21)17-24(19-29)26-14-8-12-23-11-6-7-13-25(23)26/h3-18H,2,20H2,1H3/b24-17-. The topological polar surface area (TPSA) is 42.2 Å². The Morgan fingerprint density at radius 1 is 0.839 bits per heavy atom. The van der Waals surface area contributed by atoms with E-state index in [0.29, 0.717) is 30.3 Å². The average molecular weight is 405 g/mol. The van der Waals surface area contributed by atoms with Crippen LogP contribution in [0.3, 0.4) is 0 Å². The molecule has 0 heterocycles. The van der Waals surface area contributed by atoms with Gasteiger partial charge in [0.2, 0.25) is 0 Å². The van der Waals surface area contributed by atoms with E-state index in [9.17, 15) is 5.26 Å². The second-order valence-electron chi connectivity index (χ2n) is 7.11. The lowest BCUT2D eigenvalue weighted by Gasteiger charge is -2.13. The molecule has 0 bridgehead atoms. The summed E-state index contributed by atoms with van der Waals surface area (Å²) < 4.78 is 11.8. The van der Waals surface area contributed by atoms with E-state index < -0.39 is 0 Å². The fraction of sp³-hybridized carbons (Fsp3) is 0.107. The molecular formula is C28H23NO2. The monoisotopic (exact) mass is 405 g/mol. The van der Waals surface area contributed by atoms with Gasteiger partial charge >= 0.3 is 0 Å². The van der Waals surface area contributed by atoms with Crippen LogP contribution < -0.4 is 9.47 Å². The van der Waals surface area contributed by atoms with Crippen LogP contribution in [0.1, 0.15) is 23.6 Å². The van der Waals surface area contributed by atoms with Gasteiger partial charge in [0.25, 0.3) is 0 Å². The van der Waals surface area contributed by atoms with Crippen molar-refractivity contribution >= 4 is 22.4 Å². The third-order valence-electron chi connectivity index (χ3n) is 5.02. The molecule has 4 aromatic rings. The van der Waals surface area contributed by atoms with Gasteiger partial charge in [0, 0.05) is 5.56 Å². The Kier molecular flexibility index (Phi) is 6.30. The van der Waals surface area contributed by atoms with Gasteiger partial charge in [0.05, 0.1) is 18.2 Å². The van der Waals surface area contributed by atoms with Crippen LogP contribution in [-0.2, 0) is 6.61 Å². The van der Waals surface area contributed by atoms with E-state index in [4.69, 9.17) is 9.47 Å². The number of hydrogen-bond acceptors (Lipinski definition) is 3. The van der Waals surface area contributed by atoms with Crippen LogP contribution in [-0.4, -0.2) is 6.61 Å². The lowest BCUT2D eigenvalue weighted by molar-refractivity contribution is 0.269. The van der Waals surface area contributed by atoms with Crippen LogP contribution >= 0.6 is 0 Å². The van der Waals surface area contributed by atoms with Crippen LogP contribution in [0.4, 0.5) is 0 Å². The molecule has 0 saturated carbocycles. The number of nitriles is 1. The van der Waals surface area contributed by atoms with Crippen LogP contribution in [0.25, 0.3) is 22.4 Å². The molecule has 0 amide bonds. The molecule has 4 aromatic carbocycles. The Morgan fingerprint density at radius 2 is 1.61 bits per heavy atom. The zero-order valence-corrected chi connectivity index (χ0v) is 17.4. The lowest BCUT2D eigenvalue weighted by atomic mass is 9.97. The number of fused-ring (bicyclic) bond motifs is 1. The Morgan fingerprint density at radius 3 is 2.42 bits per heavy atom. The molecule has 31 heavy (non-hydrogen) atoms. The van der Waals surface area contributed by atoms with E-state index >= 15 is 0 Å². The van der Waals surface area contributed by atoms with E-state index in [-0.39, 0.29) is 0 Å². The predicted octanol–water partition coefficient (Wildman–Crippen LogP) is 6.88. The van der Waals surface area contributed by atoms with Crippen molar-refractivity contribution in [2.24, 2.45) is 0 Å². The Bertz CT molecular complexity index is 1250. The summed E-state index contributed by atoms with van der Waals surface area (Å²) >= 11 is 0. The third kappa shape index (κ3) is 4.76. The summed E-state index contributed by atoms with van der Waals surface area (Å²) in [6, 6.07) is 32.3. The summed E-state index contributed by atoms with van der Waals surface area (Å²) in [4.78, 5) is 0. The van der Waals surface area contributed by atoms with Crippen molar-refractivity contribution in [3.8, 4) is 17.6 Å². The molecule has 0 aliphatic heterocycles. The fourth-order valence-corrected chi connectivity index (χ4v) is 3.53. The van der Waals surface area contributed by atoms with Crippen molar-refractivity contribution in [3.05, 3.63) is 108 Å². The summed E-state index contributed by atoms with van der Waals surface area (Å²) in [5.74, 6) is 1.36. The molecule has 0 fully saturated rings. The van der Waals surface area contributed by atoms with E-state index in [2.05, 4.69) is 18.2 Å². The van der Waals surface area contributed by atoms with Crippen molar-refractivity contribution in [2.45, 2.75) is 13.5 Å². The Hall–Kier alpha value is -4.03. The van der Waals surface area contributed by atoms with Crippen molar-refractivity contribution < 1.29 is 9.47 Å². The van der Waals surface area contributed by atoms with Gasteiger partial charge < -0.3 is 9.47 Å². The zero-order chi connectivity index (χ0) is 21.5. The highest BCUT2D eigenvalue weighted by Gasteiger charge is 2.09. The molecule has 0 saturated heterocycles. The minimum atomic E-state index is 0.468. The number of ether oxygens (including phenoxy) is 2. The maximum absolute atomic E-state index is 9.86. The second-order valence-corrected chi connectivity index (χ2v) is 7.11. The maximum atomic E-state index is 9.86. The molecule has 4 rings (SSSR count). The van der Waals surface area contributed by atoms with Gasteiger partial charge in [-0.25, -0.2) is 0 Å². The minimum Gasteiger partial charge on any atom is -0.490 e. The summed E-state index contributed by atoms with van der Waals surface area (Å²) in [5.41, 5.74) is 3.51. The predicted molar refractivity (Wildman–Crippen MR) is 126 cm³/mol. The molecule has 3 heteroatoms. The Balaban J connectivity index is 1.66. The molecule has 0 atom stereocenters. The second kappa shape index (κ2) is 9.65. The minimum absolute atomic E-state index is 0.468. The molecule has 0 aromatic heterocycles. The number of hydrogen-bond donors (Lipinski definition) is 0. The maximum Gasteiger partial charge on any atom is 0.161 e. The van der Waals surface area contributed by atoms with E-state index in [0.717, 1.165) is 27.5 Å². The number of nitrogens with zero attached hydrogens (tertiary/aromatic N) is 1. The van der Waals surface area contributed by atoms with Crippen molar-refractivity contribution in [1.29, 1.82) is 5.26 Å². The molecule has 0 aliphatic carbocycles. The quantitative estimate of drug-likeness (QED) is 0.248. The van der Waals surface area contributed by atoms with Crippen LogP contribution in [0.2, 0.25) is 0 Å². The van der Waals surface area contributed by atoms with Crippen molar-refractivity contribution in [1.82, 2.24) is 0 Å². The molecule has 0 radical (unpaired) electrons. The summed E-state index contributed by atoms with van der Waals surface area (Å²) in [6.45, 7) is 2.94. The van der Waals surface area contributed by atoms with Crippen molar-refractivity contribution in [2.75, 3.05) is 6.61 Å². The van der Waals surface area contributed by atoms with Crippen molar-refractivity contribution in [3.63, 3.8) is 0 Å². The summed E-state index contributed by atoms with van der Waals surface area (Å²) in [7, 11) is 0. The molecule has 0 N–H and O–H groups in total. The number of benzene rings is 4. The van der Waals surface area contributed by atoms with Gasteiger partial charge in [-0.2, -0.15) is 5.26 Å². The first-order valence-electron chi connectivity index (χ1n) is 10.3. The first kappa shape index (κ1) is 20.3. The number of allylic oxidation sites excluding steroid dienone is 1. The van der Waals surface area contributed by atoms with Gasteiger partial charge in [-0.1, -0.05) is 78.9 Å². The molecule has 152 valence electrons. The molecule has 0 aliphatic rings. The SMILES string of the molecule is CCOc1cc(/C=C(/C#N)c2cccc3ccccc23)ccc1OCc1ccccc1. The van der Waals surface area contributed by atoms with Crippen LogP contribution in [0.15, 0.2) is 91.0 Å². The summed E-state index contributed by atoms with van der Waals surface area (Å²) in [6.07, 6.45) is 1.89. The first-order valence-corrected chi connectivity index (χ1v) is 10.3. The molecule has 3 nitrogen and oxygen atoms in total. The van der Waals surface area contributed by atoms with Gasteiger partial charge in [0.1, 0.15) is 6.61 Å². The third-order valence-corrected chi connectivity index (χ3v) is 5.02. The average Bonchev–Trinajstić information content (AvgIpc) is 2.82. The Labute approximate surface area is 182 Å². The fourth-order valence-electron chi connectivity index (χ4n) is 3.53. The van der Waals surface area contributed by atoms with Gasteiger partial charge in [-0.3, -0.25) is 0 Å². The van der Waals surface area contributed by atoms with Gasteiger partial charge in [0.15, 0.2) is 11.5 Å². The zero-order valence-electron chi connectivity index (χ0n) is 17.4. The molecular weight excluding hydrogens is 382 g/mol. The number of rotatable bonds is 7. The highest BCUT2D eigenvalue weighted by Crippen LogP contribution is 2.32. The van der Waals surface area contributed by atoms with Gasteiger partial charge in [-0.05, 0) is 47.0 Å². The lowest BCUT2D eigenvalue weighted by Crippen LogP contribution is -2.00. The van der Waals surface area contributed by atoms with E-state index in [1.54, 1.807) is 0 Å². The highest BCUT2D eigenvalue weighted by atomic mass is 16.5. The summed E-state index contributed by atoms with van der Waals surface area (Å²) in [5, 5.41) is 12.0.